The van der Waals surface area contributed by atoms with Crippen molar-refractivity contribution in [1.29, 1.82) is 0 Å². The van der Waals surface area contributed by atoms with E-state index >= 15 is 0 Å². The van der Waals surface area contributed by atoms with E-state index in [-0.39, 0.29) is 0 Å². The molecule has 2 N–H and O–H groups in total. The van der Waals surface area contributed by atoms with Gasteiger partial charge >= 0.3 is 12.2 Å². The van der Waals surface area contributed by atoms with Crippen molar-refractivity contribution in [1.82, 2.24) is 0 Å². The first-order chi connectivity index (χ1) is 12.1. The van der Waals surface area contributed by atoms with E-state index in [1.54, 1.807) is 0 Å². The van der Waals surface area contributed by atoms with Crippen molar-refractivity contribution in [3.05, 3.63) is 59.7 Å². The number of carbonyl (C=O) groups excluding carboxylic acids is 2. The van der Waals surface area contributed by atoms with Gasteiger partial charge < -0.3 is 9.47 Å². The summed E-state index contributed by atoms with van der Waals surface area (Å²) in [6.45, 7) is 4.00. The fourth-order valence-electron chi connectivity index (χ4n) is 1.99. The predicted molar refractivity (Wildman–Crippen MR) is 99.1 cm³/mol. The summed E-state index contributed by atoms with van der Waals surface area (Å²) < 4.78 is 9.08. The van der Waals surface area contributed by atoms with Crippen LogP contribution in [0.3, 0.4) is 0 Å². The van der Waals surface area contributed by atoms with Crippen LogP contribution in [0.2, 0.25) is 0 Å². The first-order valence-corrected chi connectivity index (χ1v) is 7.98. The van der Waals surface area contributed by atoms with Gasteiger partial charge in [-0.05, 0) is 41.8 Å². The molecule has 6 nitrogen and oxygen atoms in total. The average molecular weight is 344 g/mol. The van der Waals surface area contributed by atoms with Crippen molar-refractivity contribution in [2.75, 3.05) is 24.9 Å². The molecule has 2 rings (SSSR count). The Hall–Kier alpha value is -3.02. The number of anilines is 2. The molecule has 0 spiro atoms. The zero-order chi connectivity index (χ0) is 18.7. The third kappa shape index (κ3) is 6.95. The molecular formula is C19H24N2O4. The number of benzene rings is 2. The highest BCUT2D eigenvalue weighted by molar-refractivity contribution is 5.85. The van der Waals surface area contributed by atoms with Gasteiger partial charge in [0.05, 0.1) is 14.2 Å². The first kappa shape index (κ1) is 20.0. The molecule has 0 atom stereocenters. The molecule has 134 valence electrons. The first-order valence-electron chi connectivity index (χ1n) is 7.98. The Morgan fingerprint density at radius 1 is 0.720 bits per heavy atom. The summed E-state index contributed by atoms with van der Waals surface area (Å²) >= 11 is 0. The molecule has 0 radical (unpaired) electrons. The second-order valence-corrected chi connectivity index (χ2v) is 4.80. The summed E-state index contributed by atoms with van der Waals surface area (Å²) in [5, 5.41) is 5.20. The van der Waals surface area contributed by atoms with Gasteiger partial charge in [0.2, 0.25) is 0 Å². The van der Waals surface area contributed by atoms with Gasteiger partial charge in [-0.25, -0.2) is 9.59 Å². The van der Waals surface area contributed by atoms with Gasteiger partial charge in [-0.15, -0.1) is 0 Å². The van der Waals surface area contributed by atoms with E-state index in [0.717, 1.165) is 17.5 Å². The van der Waals surface area contributed by atoms with Crippen LogP contribution >= 0.6 is 0 Å². The number of carbonyl (C=O) groups is 2. The highest BCUT2D eigenvalue weighted by atomic mass is 16.5. The van der Waals surface area contributed by atoms with E-state index in [4.69, 9.17) is 0 Å². The van der Waals surface area contributed by atoms with Gasteiger partial charge in [-0.1, -0.05) is 38.1 Å². The summed E-state index contributed by atoms with van der Waals surface area (Å²) in [6, 6.07) is 15.0. The molecule has 0 saturated carbocycles. The Morgan fingerprint density at radius 2 is 1.04 bits per heavy atom. The number of hydrogen-bond donors (Lipinski definition) is 2. The normalized spacial score (nSPS) is 9.28. The van der Waals surface area contributed by atoms with Gasteiger partial charge in [0.1, 0.15) is 0 Å². The Labute approximate surface area is 148 Å². The zero-order valence-corrected chi connectivity index (χ0v) is 15.0. The van der Waals surface area contributed by atoms with Crippen LogP contribution in [0, 0.1) is 0 Å². The highest BCUT2D eigenvalue weighted by Gasteiger charge is 2.03. The molecule has 0 aromatic heterocycles. The number of rotatable bonds is 4. The van der Waals surface area contributed by atoms with Crippen molar-refractivity contribution < 1.29 is 19.1 Å². The molecule has 0 aliphatic heterocycles. The van der Waals surface area contributed by atoms with Crippen LogP contribution in [-0.2, 0) is 15.9 Å². The third-order valence-corrected chi connectivity index (χ3v) is 3.18. The molecule has 2 aromatic carbocycles. The smallest absolute Gasteiger partial charge is 0.411 e. The molecule has 0 fully saturated rings. The van der Waals surface area contributed by atoms with Crippen molar-refractivity contribution in [3.63, 3.8) is 0 Å². The number of hydrogen-bond acceptors (Lipinski definition) is 4. The van der Waals surface area contributed by atoms with E-state index in [1.807, 2.05) is 62.4 Å². The molecule has 0 aliphatic carbocycles. The number of amides is 2. The van der Waals surface area contributed by atoms with E-state index in [2.05, 4.69) is 20.1 Å². The highest BCUT2D eigenvalue weighted by Crippen LogP contribution is 2.16. The van der Waals surface area contributed by atoms with Crippen LogP contribution in [0.5, 0.6) is 0 Å². The van der Waals surface area contributed by atoms with Gasteiger partial charge in [-0.3, -0.25) is 10.6 Å². The fourth-order valence-corrected chi connectivity index (χ4v) is 1.99. The lowest BCUT2D eigenvalue weighted by molar-refractivity contribution is 0.186. The van der Waals surface area contributed by atoms with Crippen molar-refractivity contribution in [3.8, 4) is 0 Å². The van der Waals surface area contributed by atoms with E-state index in [9.17, 15) is 9.59 Å². The number of ether oxygens (including phenoxy) is 2. The summed E-state index contributed by atoms with van der Waals surface area (Å²) in [6.07, 6.45) is -0.241. The van der Waals surface area contributed by atoms with Crippen LogP contribution in [0.1, 0.15) is 25.0 Å². The standard InChI is InChI=1S/C17H18N2O4.C2H6/c1-22-16(20)18-14-7-3-12(4-8-14)11-13-5-9-15(10-6-13)19-17(21)23-2;1-2/h3-10H,11H2,1-2H3,(H,18,20)(H,19,21);1-2H3. The van der Waals surface area contributed by atoms with Crippen LogP contribution in [0.4, 0.5) is 21.0 Å². The molecule has 25 heavy (non-hydrogen) atoms. The van der Waals surface area contributed by atoms with Crippen LogP contribution < -0.4 is 10.6 Å². The SMILES string of the molecule is CC.COC(=O)Nc1ccc(Cc2ccc(NC(=O)OC)cc2)cc1. The van der Waals surface area contributed by atoms with Crippen LogP contribution in [0.25, 0.3) is 0 Å². The molecule has 0 heterocycles. The maximum absolute atomic E-state index is 11.1. The summed E-state index contributed by atoms with van der Waals surface area (Å²) in [7, 11) is 2.64. The summed E-state index contributed by atoms with van der Waals surface area (Å²) in [5.74, 6) is 0. The molecule has 0 aliphatic rings. The minimum absolute atomic E-state index is 0.494. The zero-order valence-electron chi connectivity index (χ0n) is 15.0. The fraction of sp³-hybridized carbons (Fsp3) is 0.263. The van der Waals surface area contributed by atoms with Crippen LogP contribution in [-0.4, -0.2) is 26.4 Å². The summed E-state index contributed by atoms with van der Waals surface area (Å²) in [4.78, 5) is 22.2. The second-order valence-electron chi connectivity index (χ2n) is 4.80. The second kappa shape index (κ2) is 10.7. The number of methoxy groups -OCH3 is 2. The Kier molecular flexibility index (Phi) is 8.57. The average Bonchev–Trinajstić information content (AvgIpc) is 2.66. The Morgan fingerprint density at radius 3 is 1.32 bits per heavy atom. The maximum Gasteiger partial charge on any atom is 0.411 e. The molecule has 2 amide bonds. The van der Waals surface area contributed by atoms with Crippen LogP contribution in [0.15, 0.2) is 48.5 Å². The lowest BCUT2D eigenvalue weighted by atomic mass is 10.0. The third-order valence-electron chi connectivity index (χ3n) is 3.18. The monoisotopic (exact) mass is 344 g/mol. The molecule has 0 unspecified atom stereocenters. The quantitative estimate of drug-likeness (QED) is 0.845. The topological polar surface area (TPSA) is 76.7 Å². The van der Waals surface area contributed by atoms with Crippen molar-refractivity contribution in [2.45, 2.75) is 20.3 Å². The molecule has 0 bridgehead atoms. The Balaban J connectivity index is 0.00000151. The lowest BCUT2D eigenvalue weighted by Gasteiger charge is -2.07. The minimum atomic E-state index is -0.494. The molecule has 2 aromatic rings. The van der Waals surface area contributed by atoms with E-state index in [0.29, 0.717) is 11.4 Å². The van der Waals surface area contributed by atoms with E-state index in [1.165, 1.54) is 14.2 Å². The van der Waals surface area contributed by atoms with E-state index < -0.39 is 12.2 Å². The largest absolute Gasteiger partial charge is 0.453 e. The predicted octanol–water partition coefficient (Wildman–Crippen LogP) is 4.66. The lowest BCUT2D eigenvalue weighted by Crippen LogP contribution is -2.10. The van der Waals surface area contributed by atoms with Gasteiger partial charge in [0.25, 0.3) is 0 Å². The summed E-state index contributed by atoms with van der Waals surface area (Å²) in [5.41, 5.74) is 3.57. The maximum atomic E-state index is 11.1. The van der Waals surface area contributed by atoms with Crippen molar-refractivity contribution in [2.24, 2.45) is 0 Å². The van der Waals surface area contributed by atoms with Crippen molar-refractivity contribution >= 4 is 23.6 Å². The van der Waals surface area contributed by atoms with Gasteiger partial charge in [0.15, 0.2) is 0 Å². The minimum Gasteiger partial charge on any atom is -0.453 e. The van der Waals surface area contributed by atoms with Gasteiger partial charge in [-0.2, -0.15) is 0 Å². The van der Waals surface area contributed by atoms with Gasteiger partial charge in [0, 0.05) is 11.4 Å². The Bertz CT molecular complexity index is 607. The molecular weight excluding hydrogens is 320 g/mol. The molecule has 6 heteroatoms. The molecule has 0 saturated heterocycles. The number of nitrogens with one attached hydrogen (secondary N) is 2.